The third-order valence-electron chi connectivity index (χ3n) is 1.61. The Hall–Kier alpha value is -0.650. The number of rotatable bonds is 6. The van der Waals surface area contributed by atoms with E-state index in [1.54, 1.807) is 14.0 Å². The van der Waals surface area contributed by atoms with Gasteiger partial charge in [-0.05, 0) is 13.3 Å². The minimum Gasteiger partial charge on any atom is -0.396 e. The molecular weight excluding hydrogens is 172 g/mol. The van der Waals surface area contributed by atoms with Crippen LogP contribution in [0.15, 0.2) is 0 Å². The fourth-order valence-corrected chi connectivity index (χ4v) is 0.887. The number of amides is 1. The lowest BCUT2D eigenvalue weighted by Crippen LogP contribution is -2.46. The maximum atomic E-state index is 11.1. The molecule has 0 rings (SSSR count). The average molecular weight is 190 g/mol. The predicted molar refractivity (Wildman–Crippen MR) is 49.2 cm³/mol. The van der Waals surface area contributed by atoms with Gasteiger partial charge in [0, 0.05) is 13.7 Å². The van der Waals surface area contributed by atoms with E-state index in [-0.39, 0.29) is 18.6 Å². The van der Waals surface area contributed by atoms with Gasteiger partial charge in [-0.25, -0.2) is 0 Å². The molecule has 78 valence electrons. The number of ether oxygens (including phenoxy) is 1. The van der Waals surface area contributed by atoms with Crippen LogP contribution in [-0.2, 0) is 9.53 Å². The zero-order chi connectivity index (χ0) is 10.3. The van der Waals surface area contributed by atoms with E-state index in [0.29, 0.717) is 13.0 Å². The van der Waals surface area contributed by atoms with Crippen molar-refractivity contribution in [2.24, 2.45) is 5.73 Å². The van der Waals surface area contributed by atoms with Crippen LogP contribution in [-0.4, -0.2) is 43.4 Å². The number of aliphatic hydroxyl groups excluding tert-OH is 1. The molecule has 0 aliphatic rings. The van der Waals surface area contributed by atoms with Crippen LogP contribution in [0.5, 0.6) is 0 Å². The molecule has 0 saturated carbocycles. The number of hydrogen-bond donors (Lipinski definition) is 3. The van der Waals surface area contributed by atoms with Gasteiger partial charge in [0.25, 0.3) is 0 Å². The Labute approximate surface area is 78.3 Å². The number of hydrogen-bond acceptors (Lipinski definition) is 4. The van der Waals surface area contributed by atoms with Crippen molar-refractivity contribution >= 4 is 5.91 Å². The first kappa shape index (κ1) is 12.3. The molecule has 0 bridgehead atoms. The number of nitrogens with two attached hydrogens (primary N) is 1. The first-order chi connectivity index (χ1) is 6.11. The number of carbonyl (C=O) groups is 1. The second-order valence-corrected chi connectivity index (χ2v) is 2.96. The van der Waals surface area contributed by atoms with Gasteiger partial charge in [-0.1, -0.05) is 0 Å². The van der Waals surface area contributed by atoms with Gasteiger partial charge in [0.2, 0.25) is 5.91 Å². The number of methoxy groups -OCH3 is 1. The van der Waals surface area contributed by atoms with Crippen molar-refractivity contribution in [3.63, 3.8) is 0 Å². The molecule has 0 aliphatic carbocycles. The van der Waals surface area contributed by atoms with Crippen LogP contribution in [0.3, 0.4) is 0 Å². The normalized spacial score (nSPS) is 15.1. The molecule has 0 spiro atoms. The van der Waals surface area contributed by atoms with Crippen molar-refractivity contribution in [1.82, 2.24) is 5.32 Å². The molecule has 4 N–H and O–H groups in total. The topological polar surface area (TPSA) is 84.6 Å². The molecule has 0 aromatic rings. The lowest BCUT2D eigenvalue weighted by Gasteiger charge is -2.17. The van der Waals surface area contributed by atoms with Gasteiger partial charge in [-0.2, -0.15) is 0 Å². The SMILES string of the molecule is COCC(CCO)NC(=O)[C@@H](C)N. The van der Waals surface area contributed by atoms with E-state index < -0.39 is 6.04 Å². The van der Waals surface area contributed by atoms with Crippen LogP contribution < -0.4 is 11.1 Å². The van der Waals surface area contributed by atoms with Gasteiger partial charge >= 0.3 is 0 Å². The zero-order valence-corrected chi connectivity index (χ0v) is 8.12. The zero-order valence-electron chi connectivity index (χ0n) is 8.12. The first-order valence-corrected chi connectivity index (χ1v) is 4.27. The summed E-state index contributed by atoms with van der Waals surface area (Å²) in [5, 5.41) is 11.3. The minimum absolute atomic E-state index is 0.0211. The quantitative estimate of drug-likeness (QED) is 0.493. The summed E-state index contributed by atoms with van der Waals surface area (Å²) in [5.74, 6) is -0.226. The Morgan fingerprint density at radius 2 is 2.31 bits per heavy atom. The van der Waals surface area contributed by atoms with Crippen LogP contribution in [0.2, 0.25) is 0 Å². The third kappa shape index (κ3) is 5.57. The van der Waals surface area contributed by atoms with Gasteiger partial charge in [0.1, 0.15) is 0 Å². The van der Waals surface area contributed by atoms with Crippen LogP contribution in [0.4, 0.5) is 0 Å². The molecule has 2 atom stereocenters. The number of aliphatic hydroxyl groups is 1. The van der Waals surface area contributed by atoms with E-state index in [2.05, 4.69) is 5.32 Å². The molecule has 1 amide bonds. The summed E-state index contributed by atoms with van der Waals surface area (Å²) < 4.78 is 4.87. The van der Waals surface area contributed by atoms with Gasteiger partial charge < -0.3 is 20.9 Å². The van der Waals surface area contributed by atoms with E-state index in [9.17, 15) is 4.79 Å². The molecule has 0 aromatic carbocycles. The maximum absolute atomic E-state index is 11.1. The van der Waals surface area contributed by atoms with Crippen molar-refractivity contribution < 1.29 is 14.6 Å². The van der Waals surface area contributed by atoms with Crippen molar-refractivity contribution in [2.75, 3.05) is 20.3 Å². The summed E-state index contributed by atoms with van der Waals surface area (Å²) >= 11 is 0. The Morgan fingerprint density at radius 3 is 2.69 bits per heavy atom. The summed E-state index contributed by atoms with van der Waals surface area (Å²) in [6.45, 7) is 2.02. The van der Waals surface area contributed by atoms with E-state index in [1.807, 2.05) is 0 Å². The van der Waals surface area contributed by atoms with E-state index in [4.69, 9.17) is 15.6 Å². The predicted octanol–water partition coefficient (Wildman–Crippen LogP) is -1.15. The molecule has 0 aromatic heterocycles. The minimum atomic E-state index is -0.530. The fraction of sp³-hybridized carbons (Fsp3) is 0.875. The largest absolute Gasteiger partial charge is 0.396 e. The molecule has 0 heterocycles. The van der Waals surface area contributed by atoms with E-state index in [1.165, 1.54) is 0 Å². The van der Waals surface area contributed by atoms with Crippen molar-refractivity contribution in [2.45, 2.75) is 25.4 Å². The van der Waals surface area contributed by atoms with Crippen molar-refractivity contribution in [3.05, 3.63) is 0 Å². The first-order valence-electron chi connectivity index (χ1n) is 4.27. The summed E-state index contributed by atoms with van der Waals surface area (Å²) in [7, 11) is 1.54. The molecule has 0 aliphatic heterocycles. The smallest absolute Gasteiger partial charge is 0.236 e. The average Bonchev–Trinajstić information content (AvgIpc) is 2.05. The molecule has 13 heavy (non-hydrogen) atoms. The molecule has 0 fully saturated rings. The molecule has 0 radical (unpaired) electrons. The Bertz CT molecular complexity index is 144. The highest BCUT2D eigenvalue weighted by molar-refractivity contribution is 5.81. The second-order valence-electron chi connectivity index (χ2n) is 2.96. The highest BCUT2D eigenvalue weighted by Gasteiger charge is 2.13. The van der Waals surface area contributed by atoms with Gasteiger partial charge in [-0.15, -0.1) is 0 Å². The summed E-state index contributed by atoms with van der Waals surface area (Å²) in [6, 6.07) is -0.688. The lowest BCUT2D eigenvalue weighted by atomic mass is 10.2. The van der Waals surface area contributed by atoms with E-state index >= 15 is 0 Å². The number of nitrogens with one attached hydrogen (secondary N) is 1. The van der Waals surface area contributed by atoms with Crippen molar-refractivity contribution in [1.29, 1.82) is 0 Å². The second kappa shape index (κ2) is 6.82. The van der Waals surface area contributed by atoms with Crippen molar-refractivity contribution in [3.8, 4) is 0 Å². The molecular formula is C8H18N2O3. The fourth-order valence-electron chi connectivity index (χ4n) is 0.887. The Balaban J connectivity index is 3.86. The van der Waals surface area contributed by atoms with Crippen LogP contribution in [0.1, 0.15) is 13.3 Å². The molecule has 5 nitrogen and oxygen atoms in total. The monoisotopic (exact) mass is 190 g/mol. The Morgan fingerprint density at radius 1 is 1.69 bits per heavy atom. The summed E-state index contributed by atoms with van der Waals surface area (Å²) in [4.78, 5) is 11.1. The highest BCUT2D eigenvalue weighted by Crippen LogP contribution is 1.92. The lowest BCUT2D eigenvalue weighted by molar-refractivity contribution is -0.123. The van der Waals surface area contributed by atoms with E-state index in [0.717, 1.165) is 0 Å². The highest BCUT2D eigenvalue weighted by atomic mass is 16.5. The van der Waals surface area contributed by atoms with Crippen LogP contribution in [0, 0.1) is 0 Å². The number of carbonyl (C=O) groups excluding carboxylic acids is 1. The Kier molecular flexibility index (Phi) is 6.48. The standard InChI is InChI=1S/C8H18N2O3/c1-6(9)8(12)10-7(3-4-11)5-13-2/h6-7,11H,3-5,9H2,1-2H3,(H,10,12)/t6-,7?/m1/s1. The van der Waals surface area contributed by atoms with Crippen LogP contribution >= 0.6 is 0 Å². The molecule has 0 saturated heterocycles. The van der Waals surface area contributed by atoms with Crippen LogP contribution in [0.25, 0.3) is 0 Å². The molecule has 1 unspecified atom stereocenters. The molecule has 5 heteroatoms. The third-order valence-corrected chi connectivity index (χ3v) is 1.61. The van der Waals surface area contributed by atoms with Gasteiger partial charge in [0.05, 0.1) is 18.7 Å². The van der Waals surface area contributed by atoms with Gasteiger partial charge in [0.15, 0.2) is 0 Å². The summed E-state index contributed by atoms with van der Waals surface area (Å²) in [6.07, 6.45) is 0.478. The van der Waals surface area contributed by atoms with Gasteiger partial charge in [-0.3, -0.25) is 4.79 Å². The summed E-state index contributed by atoms with van der Waals surface area (Å²) in [5.41, 5.74) is 5.36. The maximum Gasteiger partial charge on any atom is 0.236 e.